The van der Waals surface area contributed by atoms with E-state index >= 15 is 0 Å². The second-order valence-corrected chi connectivity index (χ2v) is 4.70. The maximum Gasteiger partial charge on any atom is 0.257 e. The summed E-state index contributed by atoms with van der Waals surface area (Å²) in [6.45, 7) is 2.33. The number of nitrogens with zero attached hydrogens (tertiary/aromatic N) is 2. The molecule has 1 aliphatic rings. The van der Waals surface area contributed by atoms with Gasteiger partial charge in [-0.05, 0) is 24.8 Å². The summed E-state index contributed by atoms with van der Waals surface area (Å²) in [5.41, 5.74) is 6.74. The standard InChI is InChI=1S/C13H19N3O2/c1-16(9-10-3-6-18-7-4-10)13(17)11-8-15-5-2-12(11)14/h2,5,8,10H,3-4,6-7,9H2,1H3,(H2,14,15). The summed E-state index contributed by atoms with van der Waals surface area (Å²) in [5, 5.41) is 0. The summed E-state index contributed by atoms with van der Waals surface area (Å²) in [4.78, 5) is 17.9. The highest BCUT2D eigenvalue weighted by molar-refractivity contribution is 5.98. The Morgan fingerprint density at radius 1 is 1.56 bits per heavy atom. The molecule has 1 aromatic rings. The molecule has 0 saturated carbocycles. The molecular formula is C13H19N3O2. The molecule has 1 saturated heterocycles. The third kappa shape index (κ3) is 2.98. The minimum atomic E-state index is -0.0629. The smallest absolute Gasteiger partial charge is 0.257 e. The predicted octanol–water partition coefficient (Wildman–Crippen LogP) is 1.16. The van der Waals surface area contributed by atoms with Crippen molar-refractivity contribution in [3.8, 4) is 0 Å². The van der Waals surface area contributed by atoms with Crippen LogP contribution in [0.2, 0.25) is 0 Å². The maximum absolute atomic E-state index is 12.2. The molecule has 0 spiro atoms. The van der Waals surface area contributed by atoms with Crippen LogP contribution in [0.4, 0.5) is 5.69 Å². The maximum atomic E-state index is 12.2. The first-order valence-corrected chi connectivity index (χ1v) is 6.21. The third-order valence-corrected chi connectivity index (χ3v) is 3.30. The van der Waals surface area contributed by atoms with Gasteiger partial charge in [-0.15, -0.1) is 0 Å². The van der Waals surface area contributed by atoms with Crippen LogP contribution >= 0.6 is 0 Å². The molecule has 1 amide bonds. The van der Waals surface area contributed by atoms with Crippen LogP contribution in [0.25, 0.3) is 0 Å². The normalized spacial score (nSPS) is 16.5. The van der Waals surface area contributed by atoms with E-state index in [-0.39, 0.29) is 5.91 Å². The van der Waals surface area contributed by atoms with Crippen molar-refractivity contribution in [3.63, 3.8) is 0 Å². The molecule has 0 atom stereocenters. The summed E-state index contributed by atoms with van der Waals surface area (Å²) in [6, 6.07) is 1.65. The van der Waals surface area contributed by atoms with Gasteiger partial charge in [0.15, 0.2) is 0 Å². The summed E-state index contributed by atoms with van der Waals surface area (Å²) in [6.07, 6.45) is 5.14. The molecule has 0 aromatic carbocycles. The quantitative estimate of drug-likeness (QED) is 0.873. The van der Waals surface area contributed by atoms with Crippen LogP contribution in [0, 0.1) is 5.92 Å². The molecule has 1 fully saturated rings. The molecule has 0 radical (unpaired) electrons. The zero-order chi connectivity index (χ0) is 13.0. The van der Waals surface area contributed by atoms with Gasteiger partial charge in [-0.25, -0.2) is 0 Å². The number of amides is 1. The van der Waals surface area contributed by atoms with Crippen LogP contribution in [0.1, 0.15) is 23.2 Å². The Balaban J connectivity index is 1.98. The number of ether oxygens (including phenoxy) is 1. The van der Waals surface area contributed by atoms with Gasteiger partial charge in [-0.3, -0.25) is 9.78 Å². The van der Waals surface area contributed by atoms with Gasteiger partial charge in [0, 0.05) is 44.9 Å². The van der Waals surface area contributed by atoms with Crippen LogP contribution in [-0.4, -0.2) is 42.6 Å². The Kier molecular flexibility index (Phi) is 4.15. The van der Waals surface area contributed by atoms with E-state index in [1.807, 2.05) is 7.05 Å². The topological polar surface area (TPSA) is 68.5 Å². The lowest BCUT2D eigenvalue weighted by molar-refractivity contribution is 0.0497. The Hall–Kier alpha value is -1.62. The van der Waals surface area contributed by atoms with Crippen molar-refractivity contribution in [2.75, 3.05) is 32.5 Å². The first kappa shape index (κ1) is 12.8. The van der Waals surface area contributed by atoms with E-state index in [2.05, 4.69) is 4.98 Å². The van der Waals surface area contributed by atoms with Crippen molar-refractivity contribution >= 4 is 11.6 Å². The zero-order valence-electron chi connectivity index (χ0n) is 10.6. The molecular weight excluding hydrogens is 230 g/mol. The molecule has 1 aromatic heterocycles. The van der Waals surface area contributed by atoms with Crippen LogP contribution in [0.3, 0.4) is 0 Å². The highest BCUT2D eigenvalue weighted by Crippen LogP contribution is 2.18. The van der Waals surface area contributed by atoms with Gasteiger partial charge < -0.3 is 15.4 Å². The fourth-order valence-corrected chi connectivity index (χ4v) is 2.19. The predicted molar refractivity (Wildman–Crippen MR) is 69.2 cm³/mol. The van der Waals surface area contributed by atoms with E-state index < -0.39 is 0 Å². The van der Waals surface area contributed by atoms with E-state index in [0.29, 0.717) is 17.2 Å². The third-order valence-electron chi connectivity index (χ3n) is 3.30. The number of pyridine rings is 1. The number of nitrogen functional groups attached to an aromatic ring is 1. The van der Waals surface area contributed by atoms with Gasteiger partial charge >= 0.3 is 0 Å². The van der Waals surface area contributed by atoms with Crippen LogP contribution in [0.15, 0.2) is 18.5 Å². The number of anilines is 1. The number of rotatable bonds is 3. The first-order chi connectivity index (χ1) is 8.68. The Labute approximate surface area is 107 Å². The SMILES string of the molecule is CN(CC1CCOCC1)C(=O)c1cnccc1N. The minimum Gasteiger partial charge on any atom is -0.398 e. The van der Waals surface area contributed by atoms with Crippen molar-refractivity contribution < 1.29 is 9.53 Å². The molecule has 18 heavy (non-hydrogen) atoms. The summed E-state index contributed by atoms with van der Waals surface area (Å²) < 4.78 is 5.31. The van der Waals surface area contributed by atoms with E-state index in [4.69, 9.17) is 10.5 Å². The molecule has 1 aliphatic heterocycles. The molecule has 0 bridgehead atoms. The summed E-state index contributed by atoms with van der Waals surface area (Å²) in [5.74, 6) is 0.456. The molecule has 5 nitrogen and oxygen atoms in total. The molecule has 2 rings (SSSR count). The Morgan fingerprint density at radius 3 is 2.94 bits per heavy atom. The number of nitrogens with two attached hydrogens (primary N) is 1. The van der Waals surface area contributed by atoms with Crippen molar-refractivity contribution in [1.29, 1.82) is 0 Å². The molecule has 2 N–H and O–H groups in total. The van der Waals surface area contributed by atoms with Gasteiger partial charge in [0.25, 0.3) is 5.91 Å². The molecule has 98 valence electrons. The van der Waals surface area contributed by atoms with Gasteiger partial charge in [0.05, 0.1) is 5.56 Å². The fourth-order valence-electron chi connectivity index (χ4n) is 2.19. The minimum absolute atomic E-state index is 0.0629. The number of carbonyl (C=O) groups is 1. The molecule has 0 unspecified atom stereocenters. The Morgan fingerprint density at radius 2 is 2.28 bits per heavy atom. The zero-order valence-corrected chi connectivity index (χ0v) is 10.6. The van der Waals surface area contributed by atoms with Crippen LogP contribution < -0.4 is 5.73 Å². The monoisotopic (exact) mass is 249 g/mol. The van der Waals surface area contributed by atoms with Gasteiger partial charge in [0.2, 0.25) is 0 Å². The Bertz CT molecular complexity index is 416. The number of carbonyl (C=O) groups excluding carboxylic acids is 1. The van der Waals surface area contributed by atoms with Crippen LogP contribution in [0.5, 0.6) is 0 Å². The highest BCUT2D eigenvalue weighted by Gasteiger charge is 2.20. The van der Waals surface area contributed by atoms with E-state index in [1.54, 1.807) is 17.2 Å². The van der Waals surface area contributed by atoms with Crippen molar-refractivity contribution in [1.82, 2.24) is 9.88 Å². The summed E-state index contributed by atoms with van der Waals surface area (Å²) >= 11 is 0. The van der Waals surface area contributed by atoms with E-state index in [1.165, 1.54) is 6.20 Å². The average molecular weight is 249 g/mol. The second kappa shape index (κ2) is 5.82. The first-order valence-electron chi connectivity index (χ1n) is 6.21. The number of hydrogen-bond donors (Lipinski definition) is 1. The van der Waals surface area contributed by atoms with Gasteiger partial charge in [-0.2, -0.15) is 0 Å². The highest BCUT2D eigenvalue weighted by atomic mass is 16.5. The van der Waals surface area contributed by atoms with Gasteiger partial charge in [-0.1, -0.05) is 0 Å². The van der Waals surface area contributed by atoms with Gasteiger partial charge in [0.1, 0.15) is 0 Å². The van der Waals surface area contributed by atoms with Crippen molar-refractivity contribution in [2.45, 2.75) is 12.8 Å². The van der Waals surface area contributed by atoms with E-state index in [9.17, 15) is 4.79 Å². The summed E-state index contributed by atoms with van der Waals surface area (Å²) in [7, 11) is 1.81. The largest absolute Gasteiger partial charge is 0.398 e. The second-order valence-electron chi connectivity index (χ2n) is 4.70. The molecule has 0 aliphatic carbocycles. The van der Waals surface area contributed by atoms with Crippen molar-refractivity contribution in [3.05, 3.63) is 24.0 Å². The lowest BCUT2D eigenvalue weighted by Crippen LogP contribution is -2.34. The van der Waals surface area contributed by atoms with Crippen LogP contribution in [-0.2, 0) is 4.74 Å². The van der Waals surface area contributed by atoms with Crippen molar-refractivity contribution in [2.24, 2.45) is 5.92 Å². The van der Waals surface area contributed by atoms with E-state index in [0.717, 1.165) is 32.6 Å². The number of hydrogen-bond acceptors (Lipinski definition) is 4. The molecule has 2 heterocycles. The lowest BCUT2D eigenvalue weighted by Gasteiger charge is -2.27. The average Bonchev–Trinajstić information content (AvgIpc) is 2.39. The fraction of sp³-hybridized carbons (Fsp3) is 0.538. The lowest BCUT2D eigenvalue weighted by atomic mass is 9.99. The molecule has 5 heteroatoms. The number of aromatic nitrogens is 1.